The molecule has 76 valence electrons. The molecule has 1 aliphatic heterocycles. The molecule has 1 aliphatic rings. The van der Waals surface area contributed by atoms with Gasteiger partial charge in [0, 0.05) is 25.1 Å². The molecule has 1 N–H and O–H groups in total. The molecule has 0 aromatic heterocycles. The van der Waals surface area contributed by atoms with Crippen molar-refractivity contribution in [3.63, 3.8) is 0 Å². The molecule has 1 aromatic carbocycles. The fraction of sp³-hybridized carbons (Fsp3) is 0.455. The van der Waals surface area contributed by atoms with Gasteiger partial charge in [-0.05, 0) is 18.6 Å². The topological polar surface area (TPSA) is 21.3 Å². The number of nitrogens with one attached hydrogen (secondary N) is 1. The van der Waals surface area contributed by atoms with Crippen molar-refractivity contribution in [3.05, 3.63) is 29.6 Å². The molecule has 1 aromatic rings. The van der Waals surface area contributed by atoms with Crippen LogP contribution in [-0.4, -0.2) is 19.7 Å². The fourth-order valence-electron chi connectivity index (χ4n) is 1.34. The minimum atomic E-state index is -0.200. The van der Waals surface area contributed by atoms with Gasteiger partial charge in [0.25, 0.3) is 0 Å². The van der Waals surface area contributed by atoms with E-state index in [0.29, 0.717) is 23.8 Å². The van der Waals surface area contributed by atoms with Gasteiger partial charge in [-0.2, -0.15) is 0 Å². The van der Waals surface area contributed by atoms with E-state index in [1.165, 1.54) is 6.07 Å². The maximum Gasteiger partial charge on any atom is 0.129 e. The Bertz CT molecular complexity index is 323. The molecule has 0 saturated carbocycles. The van der Waals surface area contributed by atoms with Crippen LogP contribution in [-0.2, 0) is 0 Å². The first-order valence-electron chi connectivity index (χ1n) is 4.85. The number of rotatable bonds is 3. The quantitative estimate of drug-likeness (QED) is 0.793. The van der Waals surface area contributed by atoms with Crippen molar-refractivity contribution in [1.29, 1.82) is 0 Å². The maximum atomic E-state index is 13.1. The summed E-state index contributed by atoms with van der Waals surface area (Å²) in [5, 5.41) is 3.16. The second kappa shape index (κ2) is 3.96. The third kappa shape index (κ3) is 2.04. The van der Waals surface area contributed by atoms with Crippen molar-refractivity contribution in [1.82, 2.24) is 5.32 Å². The molecule has 0 atom stereocenters. The highest BCUT2D eigenvalue weighted by Crippen LogP contribution is 2.17. The van der Waals surface area contributed by atoms with Crippen LogP contribution in [0.25, 0.3) is 0 Å². The number of aryl methyl sites for hydroxylation is 1. The Morgan fingerprint density at radius 3 is 2.86 bits per heavy atom. The molecule has 2 rings (SSSR count). The summed E-state index contributed by atoms with van der Waals surface area (Å²) in [6, 6.07) is 5.00. The van der Waals surface area contributed by atoms with Crippen molar-refractivity contribution >= 4 is 0 Å². The van der Waals surface area contributed by atoms with E-state index in [0.717, 1.165) is 13.1 Å². The predicted molar refractivity (Wildman–Crippen MR) is 53.0 cm³/mol. The van der Waals surface area contributed by atoms with Crippen LogP contribution in [0.5, 0.6) is 5.75 Å². The smallest absolute Gasteiger partial charge is 0.129 e. The molecule has 1 heterocycles. The van der Waals surface area contributed by atoms with Gasteiger partial charge >= 0.3 is 0 Å². The first kappa shape index (κ1) is 9.46. The first-order chi connectivity index (χ1) is 6.75. The van der Waals surface area contributed by atoms with E-state index in [4.69, 9.17) is 4.74 Å². The van der Waals surface area contributed by atoms with Gasteiger partial charge in [0.05, 0.1) is 6.61 Å². The Morgan fingerprint density at radius 1 is 1.50 bits per heavy atom. The van der Waals surface area contributed by atoms with E-state index in [-0.39, 0.29) is 5.82 Å². The molecular formula is C11H14FNO. The summed E-state index contributed by atoms with van der Waals surface area (Å²) in [4.78, 5) is 0. The summed E-state index contributed by atoms with van der Waals surface area (Å²) in [5.41, 5.74) is 0.655. The van der Waals surface area contributed by atoms with E-state index in [9.17, 15) is 4.39 Å². The molecule has 14 heavy (non-hydrogen) atoms. The van der Waals surface area contributed by atoms with Gasteiger partial charge in [0.2, 0.25) is 0 Å². The van der Waals surface area contributed by atoms with Crippen LogP contribution >= 0.6 is 0 Å². The lowest BCUT2D eigenvalue weighted by atomic mass is 10.1. The van der Waals surface area contributed by atoms with E-state index in [2.05, 4.69) is 5.32 Å². The Kier molecular flexibility index (Phi) is 2.68. The average molecular weight is 195 g/mol. The van der Waals surface area contributed by atoms with E-state index in [1.807, 2.05) is 6.07 Å². The van der Waals surface area contributed by atoms with Crippen molar-refractivity contribution in [3.8, 4) is 5.75 Å². The van der Waals surface area contributed by atoms with Gasteiger partial charge in [0.1, 0.15) is 11.6 Å². The minimum Gasteiger partial charge on any atom is -0.493 e. The lowest BCUT2D eigenvalue weighted by Crippen LogP contribution is -2.45. The second-order valence-corrected chi connectivity index (χ2v) is 3.75. The van der Waals surface area contributed by atoms with Gasteiger partial charge in [-0.1, -0.05) is 6.07 Å². The molecule has 0 radical (unpaired) electrons. The summed E-state index contributed by atoms with van der Waals surface area (Å²) in [6.07, 6.45) is 0. The summed E-state index contributed by atoms with van der Waals surface area (Å²) in [7, 11) is 0. The van der Waals surface area contributed by atoms with E-state index in [1.54, 1.807) is 13.0 Å². The van der Waals surface area contributed by atoms with Crippen molar-refractivity contribution in [2.24, 2.45) is 5.92 Å². The third-order valence-electron chi connectivity index (χ3n) is 2.50. The highest BCUT2D eigenvalue weighted by molar-refractivity contribution is 5.27. The van der Waals surface area contributed by atoms with Gasteiger partial charge in [-0.3, -0.25) is 0 Å². The number of halogens is 1. The normalized spacial score (nSPS) is 16.4. The predicted octanol–water partition coefficient (Wildman–Crippen LogP) is 1.73. The monoisotopic (exact) mass is 195 g/mol. The number of hydrogen-bond acceptors (Lipinski definition) is 2. The van der Waals surface area contributed by atoms with Gasteiger partial charge in [0.15, 0.2) is 0 Å². The molecule has 3 heteroatoms. The zero-order chi connectivity index (χ0) is 9.97. The number of ether oxygens (including phenoxy) is 1. The van der Waals surface area contributed by atoms with Crippen LogP contribution in [0.1, 0.15) is 5.56 Å². The highest BCUT2D eigenvalue weighted by Gasteiger charge is 2.17. The summed E-state index contributed by atoms with van der Waals surface area (Å²) < 4.78 is 18.6. The van der Waals surface area contributed by atoms with E-state index < -0.39 is 0 Å². The van der Waals surface area contributed by atoms with Crippen LogP contribution in [0.2, 0.25) is 0 Å². The summed E-state index contributed by atoms with van der Waals surface area (Å²) in [6.45, 7) is 4.44. The van der Waals surface area contributed by atoms with Crippen LogP contribution in [0.15, 0.2) is 18.2 Å². The maximum absolute atomic E-state index is 13.1. The zero-order valence-electron chi connectivity index (χ0n) is 8.22. The summed E-state index contributed by atoms with van der Waals surface area (Å²) >= 11 is 0. The Morgan fingerprint density at radius 2 is 2.29 bits per heavy atom. The van der Waals surface area contributed by atoms with Crippen LogP contribution in [0.4, 0.5) is 4.39 Å². The standard InChI is InChI=1S/C11H14FNO/c1-8-2-3-10(4-11(8)12)14-7-9-5-13-6-9/h2-4,9,13H,5-7H2,1H3. The number of benzene rings is 1. The Labute approximate surface area is 83.1 Å². The molecule has 0 bridgehead atoms. The van der Waals surface area contributed by atoms with Crippen molar-refractivity contribution in [2.75, 3.05) is 19.7 Å². The molecule has 1 fully saturated rings. The van der Waals surface area contributed by atoms with Gasteiger partial charge in [-0.15, -0.1) is 0 Å². The van der Waals surface area contributed by atoms with Crippen molar-refractivity contribution in [2.45, 2.75) is 6.92 Å². The molecule has 0 amide bonds. The Hall–Kier alpha value is -1.09. The third-order valence-corrected chi connectivity index (χ3v) is 2.50. The molecule has 0 unspecified atom stereocenters. The highest BCUT2D eigenvalue weighted by atomic mass is 19.1. The van der Waals surface area contributed by atoms with Crippen LogP contribution < -0.4 is 10.1 Å². The largest absolute Gasteiger partial charge is 0.493 e. The molecule has 2 nitrogen and oxygen atoms in total. The molecular weight excluding hydrogens is 181 g/mol. The van der Waals surface area contributed by atoms with Crippen molar-refractivity contribution < 1.29 is 9.13 Å². The van der Waals surface area contributed by atoms with Crippen LogP contribution in [0.3, 0.4) is 0 Å². The van der Waals surface area contributed by atoms with Gasteiger partial charge < -0.3 is 10.1 Å². The second-order valence-electron chi connectivity index (χ2n) is 3.75. The first-order valence-corrected chi connectivity index (χ1v) is 4.85. The zero-order valence-corrected chi connectivity index (χ0v) is 8.22. The average Bonchev–Trinajstić information content (AvgIpc) is 2.08. The van der Waals surface area contributed by atoms with Gasteiger partial charge in [-0.25, -0.2) is 4.39 Å². The SMILES string of the molecule is Cc1ccc(OCC2CNC2)cc1F. The summed E-state index contributed by atoms with van der Waals surface area (Å²) in [5.74, 6) is 1.01. The minimum absolute atomic E-state index is 0.200. The number of hydrogen-bond donors (Lipinski definition) is 1. The lowest BCUT2D eigenvalue weighted by Gasteiger charge is -2.26. The fourth-order valence-corrected chi connectivity index (χ4v) is 1.34. The van der Waals surface area contributed by atoms with E-state index >= 15 is 0 Å². The lowest BCUT2D eigenvalue weighted by molar-refractivity contribution is 0.198. The molecule has 0 spiro atoms. The molecule has 0 aliphatic carbocycles. The Balaban J connectivity index is 1.91. The molecule has 1 saturated heterocycles. The van der Waals surface area contributed by atoms with Crippen LogP contribution in [0, 0.1) is 18.7 Å².